The number of rotatable bonds is 8. The van der Waals surface area contributed by atoms with E-state index in [0.717, 1.165) is 10.4 Å². The number of ether oxygens (including phenoxy) is 1. The van der Waals surface area contributed by atoms with E-state index in [9.17, 15) is 14.4 Å². The van der Waals surface area contributed by atoms with E-state index in [0.29, 0.717) is 25.1 Å². The number of nitrogens with zero attached hydrogens (tertiary/aromatic N) is 1. The molecule has 0 saturated carbocycles. The lowest BCUT2D eigenvalue weighted by atomic mass is 10.0. The third-order valence-corrected chi connectivity index (χ3v) is 7.62. The summed E-state index contributed by atoms with van der Waals surface area (Å²) in [6, 6.07) is 12.6. The molecule has 6 nitrogen and oxygen atoms in total. The molecule has 1 aromatic heterocycles. The van der Waals surface area contributed by atoms with E-state index in [-0.39, 0.29) is 29.6 Å². The van der Waals surface area contributed by atoms with Crippen LogP contribution in [0.1, 0.15) is 36.0 Å². The molecule has 1 aromatic carbocycles. The van der Waals surface area contributed by atoms with Crippen LogP contribution in [-0.2, 0) is 25.5 Å². The number of carbonyl (C=O) groups is 3. The second kappa shape index (κ2) is 11.5. The zero-order chi connectivity index (χ0) is 22.2. The van der Waals surface area contributed by atoms with Crippen molar-refractivity contribution < 1.29 is 19.1 Å². The number of hydrogen-bond donors (Lipinski definition) is 1. The van der Waals surface area contributed by atoms with Crippen molar-refractivity contribution in [3.8, 4) is 0 Å². The average molecular weight is 461 g/mol. The Balaban J connectivity index is 1.75. The third-order valence-electron chi connectivity index (χ3n) is 5.16. The summed E-state index contributed by atoms with van der Waals surface area (Å²) in [5, 5.41) is 5.25. The fraction of sp³-hybridized carbons (Fsp3) is 0.435. The second-order valence-electron chi connectivity index (χ2n) is 7.35. The Morgan fingerprint density at radius 2 is 2.00 bits per heavy atom. The summed E-state index contributed by atoms with van der Waals surface area (Å²) in [6.07, 6.45) is 1.19. The van der Waals surface area contributed by atoms with Crippen LogP contribution >= 0.6 is 23.1 Å². The van der Waals surface area contributed by atoms with Crippen molar-refractivity contribution in [2.75, 3.05) is 18.9 Å². The molecule has 2 heterocycles. The quantitative estimate of drug-likeness (QED) is 0.609. The lowest BCUT2D eigenvalue weighted by Crippen LogP contribution is -2.53. The van der Waals surface area contributed by atoms with Crippen LogP contribution in [0, 0.1) is 0 Å². The summed E-state index contributed by atoms with van der Waals surface area (Å²) >= 11 is 3.26. The molecule has 1 aliphatic heterocycles. The smallest absolute Gasteiger partial charge is 0.323 e. The van der Waals surface area contributed by atoms with Crippen molar-refractivity contribution in [3.63, 3.8) is 0 Å². The SMILES string of the molecule is CCOC(=O)[C@H](CCc1ccccc1)N[C@H]1CS[C@H](c2cccs2)CN(C(C)=O)C1=O. The second-order valence-corrected chi connectivity index (χ2v) is 9.57. The first-order valence-corrected chi connectivity index (χ1v) is 12.4. The summed E-state index contributed by atoms with van der Waals surface area (Å²) in [4.78, 5) is 40.5. The number of hydrogen-bond acceptors (Lipinski definition) is 7. The molecule has 1 N–H and O–H groups in total. The number of imide groups is 1. The molecular weight excluding hydrogens is 432 g/mol. The van der Waals surface area contributed by atoms with Gasteiger partial charge in [0.2, 0.25) is 11.8 Å². The first-order valence-electron chi connectivity index (χ1n) is 10.4. The molecule has 0 aliphatic carbocycles. The van der Waals surface area contributed by atoms with Crippen molar-refractivity contribution in [1.82, 2.24) is 10.2 Å². The normalized spacial score (nSPS) is 20.2. The van der Waals surface area contributed by atoms with Gasteiger partial charge in [-0.05, 0) is 36.8 Å². The van der Waals surface area contributed by atoms with Crippen molar-refractivity contribution in [2.24, 2.45) is 0 Å². The van der Waals surface area contributed by atoms with Crippen LogP contribution in [0.5, 0.6) is 0 Å². The standard InChI is InChI=1S/C23H28N2O4S2/c1-3-29-23(28)18(12-11-17-8-5-4-6-9-17)24-19-15-31-21(20-10-7-13-30-20)14-25(16(2)26)22(19)27/h4-10,13,18-19,21,24H,3,11-12,14-15H2,1-2H3/t18-,19-,21-/m0/s1. The molecule has 2 aromatic rings. The van der Waals surface area contributed by atoms with Gasteiger partial charge in [0.25, 0.3) is 0 Å². The van der Waals surface area contributed by atoms with Gasteiger partial charge in [0, 0.05) is 24.1 Å². The van der Waals surface area contributed by atoms with Crippen molar-refractivity contribution >= 4 is 40.9 Å². The van der Waals surface area contributed by atoms with Crippen molar-refractivity contribution in [3.05, 3.63) is 58.3 Å². The third kappa shape index (κ3) is 6.41. The molecule has 0 spiro atoms. The lowest BCUT2D eigenvalue weighted by Gasteiger charge is -2.26. The molecule has 1 saturated heterocycles. The predicted molar refractivity (Wildman–Crippen MR) is 124 cm³/mol. The molecule has 166 valence electrons. The molecule has 0 bridgehead atoms. The van der Waals surface area contributed by atoms with Gasteiger partial charge in [-0.3, -0.25) is 24.6 Å². The molecule has 0 radical (unpaired) electrons. The van der Waals surface area contributed by atoms with Crippen LogP contribution in [0.4, 0.5) is 0 Å². The van der Waals surface area contributed by atoms with Crippen LogP contribution in [0.15, 0.2) is 47.8 Å². The number of carbonyl (C=O) groups excluding carboxylic acids is 3. The first-order chi connectivity index (χ1) is 15.0. The van der Waals surface area contributed by atoms with Gasteiger partial charge in [-0.25, -0.2) is 0 Å². The fourth-order valence-corrected chi connectivity index (χ4v) is 5.77. The number of thioether (sulfide) groups is 1. The summed E-state index contributed by atoms with van der Waals surface area (Å²) in [6.45, 7) is 3.79. The summed E-state index contributed by atoms with van der Waals surface area (Å²) in [5.41, 5.74) is 1.11. The Bertz CT molecular complexity index is 873. The van der Waals surface area contributed by atoms with E-state index >= 15 is 0 Å². The van der Waals surface area contributed by atoms with E-state index < -0.39 is 12.1 Å². The largest absolute Gasteiger partial charge is 0.465 e. The van der Waals surface area contributed by atoms with Gasteiger partial charge < -0.3 is 4.74 Å². The summed E-state index contributed by atoms with van der Waals surface area (Å²) in [5.74, 6) is -0.456. The van der Waals surface area contributed by atoms with Gasteiger partial charge in [0.05, 0.1) is 17.9 Å². The molecular formula is C23H28N2O4S2. The summed E-state index contributed by atoms with van der Waals surface area (Å²) < 4.78 is 5.26. The number of aryl methyl sites for hydroxylation is 1. The Morgan fingerprint density at radius 1 is 1.23 bits per heavy atom. The van der Waals surface area contributed by atoms with Crippen molar-refractivity contribution in [1.29, 1.82) is 0 Å². The van der Waals surface area contributed by atoms with Crippen molar-refractivity contribution in [2.45, 2.75) is 44.0 Å². The van der Waals surface area contributed by atoms with Crippen LogP contribution in [-0.4, -0.2) is 53.7 Å². The van der Waals surface area contributed by atoms with E-state index in [1.165, 1.54) is 11.8 Å². The monoisotopic (exact) mass is 460 g/mol. The highest BCUT2D eigenvalue weighted by atomic mass is 32.2. The van der Waals surface area contributed by atoms with Crippen LogP contribution in [0.2, 0.25) is 0 Å². The number of benzene rings is 1. The van der Waals surface area contributed by atoms with E-state index in [1.807, 2.05) is 47.8 Å². The maximum absolute atomic E-state index is 13.2. The molecule has 3 atom stereocenters. The highest BCUT2D eigenvalue weighted by Crippen LogP contribution is 2.35. The van der Waals surface area contributed by atoms with Gasteiger partial charge in [-0.2, -0.15) is 0 Å². The highest BCUT2D eigenvalue weighted by Gasteiger charge is 2.36. The number of esters is 1. The maximum atomic E-state index is 13.2. The zero-order valence-electron chi connectivity index (χ0n) is 17.8. The molecule has 0 unspecified atom stereocenters. The minimum Gasteiger partial charge on any atom is -0.465 e. The Morgan fingerprint density at radius 3 is 2.65 bits per heavy atom. The molecule has 8 heteroatoms. The predicted octanol–water partition coefficient (Wildman–Crippen LogP) is 3.43. The van der Waals surface area contributed by atoms with E-state index in [1.54, 1.807) is 30.0 Å². The lowest BCUT2D eigenvalue weighted by molar-refractivity contribution is -0.147. The van der Waals surface area contributed by atoms with Crippen LogP contribution in [0.25, 0.3) is 0 Å². The molecule has 1 aliphatic rings. The van der Waals surface area contributed by atoms with E-state index in [2.05, 4.69) is 5.32 Å². The zero-order valence-corrected chi connectivity index (χ0v) is 19.4. The summed E-state index contributed by atoms with van der Waals surface area (Å²) in [7, 11) is 0. The Labute approximate surface area is 191 Å². The van der Waals surface area contributed by atoms with Crippen LogP contribution in [0.3, 0.4) is 0 Å². The average Bonchev–Trinajstić information content (AvgIpc) is 3.24. The number of nitrogens with one attached hydrogen (secondary N) is 1. The van der Waals surface area contributed by atoms with Gasteiger partial charge in [-0.1, -0.05) is 36.4 Å². The molecule has 1 fully saturated rings. The van der Waals surface area contributed by atoms with Gasteiger partial charge >= 0.3 is 5.97 Å². The highest BCUT2D eigenvalue weighted by molar-refractivity contribution is 7.99. The topological polar surface area (TPSA) is 75.7 Å². The molecule has 2 amide bonds. The Kier molecular flexibility index (Phi) is 8.69. The maximum Gasteiger partial charge on any atom is 0.323 e. The molecule has 3 rings (SSSR count). The van der Waals surface area contributed by atoms with Gasteiger partial charge in [0.15, 0.2) is 0 Å². The number of thiophene rings is 1. The number of amides is 2. The first kappa shape index (κ1) is 23.5. The minimum atomic E-state index is -0.635. The van der Waals surface area contributed by atoms with Crippen LogP contribution < -0.4 is 5.32 Å². The van der Waals surface area contributed by atoms with Gasteiger partial charge in [0.1, 0.15) is 6.04 Å². The fourth-order valence-electron chi connectivity index (χ4n) is 3.54. The molecule has 31 heavy (non-hydrogen) atoms. The Hall–Kier alpha value is -2.16. The van der Waals surface area contributed by atoms with Gasteiger partial charge in [-0.15, -0.1) is 23.1 Å². The minimum absolute atomic E-state index is 0.0324. The van der Waals surface area contributed by atoms with E-state index in [4.69, 9.17) is 4.74 Å².